The second kappa shape index (κ2) is 8.20. The summed E-state index contributed by atoms with van der Waals surface area (Å²) in [4.78, 5) is 12.7. The van der Waals surface area contributed by atoms with Gasteiger partial charge in [0.1, 0.15) is 5.69 Å². The molecule has 1 aliphatic rings. The highest BCUT2D eigenvalue weighted by molar-refractivity contribution is 7.89. The standard InChI is InChI=1S/C22H25N3O4S/c1-15-11-16(2)22-19(24-29-20(22)12-15)13-21(26)23-14-17-5-7-18(8-6-17)30(27,28)25-9-3-4-10-25/h5-8,11-12H,3-4,9-10,13-14H2,1-2H3,(H,23,26). The average molecular weight is 428 g/mol. The first-order valence-electron chi connectivity index (χ1n) is 10.1. The second-order valence-electron chi connectivity index (χ2n) is 7.79. The van der Waals surface area contributed by atoms with Gasteiger partial charge in [-0.05, 0) is 61.6 Å². The van der Waals surface area contributed by atoms with Crippen LogP contribution in [0.5, 0.6) is 0 Å². The fraction of sp³-hybridized carbons (Fsp3) is 0.364. The van der Waals surface area contributed by atoms with Gasteiger partial charge in [0.2, 0.25) is 15.9 Å². The summed E-state index contributed by atoms with van der Waals surface area (Å²) in [5.74, 6) is -0.168. The van der Waals surface area contributed by atoms with Crippen molar-refractivity contribution in [2.75, 3.05) is 13.1 Å². The average Bonchev–Trinajstić information content (AvgIpc) is 3.37. The molecule has 4 rings (SSSR count). The van der Waals surface area contributed by atoms with Gasteiger partial charge in [0, 0.05) is 25.0 Å². The van der Waals surface area contributed by atoms with Crippen LogP contribution in [0, 0.1) is 13.8 Å². The molecule has 0 unspecified atom stereocenters. The van der Waals surface area contributed by atoms with Crippen LogP contribution in [0.2, 0.25) is 0 Å². The van der Waals surface area contributed by atoms with E-state index in [1.165, 1.54) is 4.31 Å². The Bertz CT molecular complexity index is 1180. The van der Waals surface area contributed by atoms with Gasteiger partial charge in [0.05, 0.1) is 11.3 Å². The molecule has 0 saturated carbocycles. The van der Waals surface area contributed by atoms with Gasteiger partial charge in [-0.15, -0.1) is 0 Å². The van der Waals surface area contributed by atoms with E-state index in [-0.39, 0.29) is 12.3 Å². The molecule has 1 fully saturated rings. The van der Waals surface area contributed by atoms with Crippen LogP contribution >= 0.6 is 0 Å². The Balaban J connectivity index is 1.39. The number of rotatable bonds is 6. The van der Waals surface area contributed by atoms with E-state index in [1.54, 1.807) is 24.3 Å². The molecule has 1 saturated heterocycles. The monoisotopic (exact) mass is 427 g/mol. The SMILES string of the molecule is Cc1cc(C)c2c(CC(=O)NCc3ccc(S(=O)(=O)N4CCCC4)cc3)noc2c1. The Kier molecular flexibility index (Phi) is 5.62. The van der Waals surface area contributed by atoms with Crippen molar-refractivity contribution in [2.24, 2.45) is 0 Å². The van der Waals surface area contributed by atoms with Crippen molar-refractivity contribution in [3.05, 3.63) is 58.8 Å². The molecule has 3 aromatic rings. The summed E-state index contributed by atoms with van der Waals surface area (Å²) in [6.45, 7) is 5.44. The zero-order valence-corrected chi connectivity index (χ0v) is 18.0. The molecule has 2 heterocycles. The van der Waals surface area contributed by atoms with Gasteiger partial charge in [-0.1, -0.05) is 23.4 Å². The lowest BCUT2D eigenvalue weighted by atomic mass is 10.0. The summed E-state index contributed by atoms with van der Waals surface area (Å²) < 4.78 is 32.1. The molecule has 0 spiro atoms. The summed E-state index contributed by atoms with van der Waals surface area (Å²) in [5.41, 5.74) is 4.25. The van der Waals surface area contributed by atoms with Crippen molar-refractivity contribution in [3.63, 3.8) is 0 Å². The van der Waals surface area contributed by atoms with Gasteiger partial charge < -0.3 is 9.84 Å². The van der Waals surface area contributed by atoms with Crippen molar-refractivity contribution in [1.29, 1.82) is 0 Å². The maximum Gasteiger partial charge on any atom is 0.243 e. The topological polar surface area (TPSA) is 92.5 Å². The Morgan fingerprint density at radius 3 is 2.53 bits per heavy atom. The largest absolute Gasteiger partial charge is 0.356 e. The van der Waals surface area contributed by atoms with Crippen LogP contribution in [0.3, 0.4) is 0 Å². The van der Waals surface area contributed by atoms with Crippen LogP contribution in [0.25, 0.3) is 11.0 Å². The van der Waals surface area contributed by atoms with E-state index in [9.17, 15) is 13.2 Å². The predicted octanol–water partition coefficient (Wildman–Crippen LogP) is 3.09. The maximum absolute atomic E-state index is 12.6. The highest BCUT2D eigenvalue weighted by Gasteiger charge is 2.26. The number of sulfonamides is 1. The first-order chi connectivity index (χ1) is 14.3. The molecule has 1 aliphatic heterocycles. The van der Waals surface area contributed by atoms with Crippen LogP contribution in [-0.4, -0.2) is 36.9 Å². The highest BCUT2D eigenvalue weighted by atomic mass is 32.2. The minimum Gasteiger partial charge on any atom is -0.356 e. The molecular weight excluding hydrogens is 402 g/mol. The number of hydrogen-bond donors (Lipinski definition) is 1. The highest BCUT2D eigenvalue weighted by Crippen LogP contribution is 2.24. The lowest BCUT2D eigenvalue weighted by Crippen LogP contribution is -2.28. The zero-order valence-electron chi connectivity index (χ0n) is 17.1. The van der Waals surface area contributed by atoms with Gasteiger partial charge in [0.15, 0.2) is 5.58 Å². The molecule has 1 N–H and O–H groups in total. The first kappa shape index (κ1) is 20.6. The number of benzene rings is 2. The number of aromatic nitrogens is 1. The summed E-state index contributed by atoms with van der Waals surface area (Å²) in [6, 6.07) is 10.6. The van der Waals surface area contributed by atoms with Gasteiger partial charge >= 0.3 is 0 Å². The number of fused-ring (bicyclic) bond motifs is 1. The Morgan fingerprint density at radius 2 is 1.83 bits per heavy atom. The van der Waals surface area contributed by atoms with Gasteiger partial charge in [-0.2, -0.15) is 4.31 Å². The minimum absolute atomic E-state index is 0.123. The summed E-state index contributed by atoms with van der Waals surface area (Å²) in [5, 5.41) is 7.81. The van der Waals surface area contributed by atoms with E-state index in [1.807, 2.05) is 26.0 Å². The third-order valence-electron chi connectivity index (χ3n) is 5.43. The molecule has 0 radical (unpaired) electrons. The Hall–Kier alpha value is -2.71. The molecule has 7 nitrogen and oxygen atoms in total. The number of carbonyl (C=O) groups is 1. The molecule has 0 bridgehead atoms. The van der Waals surface area contributed by atoms with E-state index < -0.39 is 10.0 Å². The number of amides is 1. The molecule has 0 atom stereocenters. The van der Waals surface area contributed by atoms with Gasteiger partial charge in [-0.3, -0.25) is 4.79 Å². The van der Waals surface area contributed by atoms with E-state index in [2.05, 4.69) is 10.5 Å². The third-order valence-corrected chi connectivity index (χ3v) is 7.34. The number of nitrogens with zero attached hydrogens (tertiary/aromatic N) is 2. The maximum atomic E-state index is 12.6. The van der Waals surface area contributed by atoms with E-state index in [0.29, 0.717) is 35.8 Å². The molecule has 0 aliphatic carbocycles. The van der Waals surface area contributed by atoms with Gasteiger partial charge in [0.25, 0.3) is 0 Å². The van der Waals surface area contributed by atoms with Crippen molar-refractivity contribution >= 4 is 26.9 Å². The lowest BCUT2D eigenvalue weighted by Gasteiger charge is -2.15. The third kappa shape index (κ3) is 4.11. The second-order valence-corrected chi connectivity index (χ2v) is 9.73. The lowest BCUT2D eigenvalue weighted by molar-refractivity contribution is -0.120. The van der Waals surface area contributed by atoms with E-state index >= 15 is 0 Å². The number of carbonyl (C=O) groups excluding carboxylic acids is 1. The van der Waals surface area contributed by atoms with Crippen molar-refractivity contribution < 1.29 is 17.7 Å². The van der Waals surface area contributed by atoms with Crippen molar-refractivity contribution in [3.8, 4) is 0 Å². The molecule has 158 valence electrons. The first-order valence-corrected chi connectivity index (χ1v) is 11.5. The molecule has 8 heteroatoms. The molecular formula is C22H25N3O4S. The van der Waals surface area contributed by atoms with Crippen molar-refractivity contribution in [1.82, 2.24) is 14.8 Å². The van der Waals surface area contributed by atoms with E-state index in [0.717, 1.165) is 34.9 Å². The summed E-state index contributed by atoms with van der Waals surface area (Å²) in [7, 11) is -3.42. The normalized spacial score (nSPS) is 15.0. The molecule has 30 heavy (non-hydrogen) atoms. The predicted molar refractivity (Wildman–Crippen MR) is 113 cm³/mol. The fourth-order valence-corrected chi connectivity index (χ4v) is 5.43. The molecule has 2 aromatic carbocycles. The smallest absolute Gasteiger partial charge is 0.243 e. The number of hydrogen-bond acceptors (Lipinski definition) is 5. The van der Waals surface area contributed by atoms with Crippen LogP contribution in [0.4, 0.5) is 0 Å². The quantitative estimate of drug-likeness (QED) is 0.653. The Labute approximate surface area is 176 Å². The number of aryl methyl sites for hydroxylation is 2. The summed E-state index contributed by atoms with van der Waals surface area (Å²) >= 11 is 0. The van der Waals surface area contributed by atoms with Crippen LogP contribution in [-0.2, 0) is 27.8 Å². The zero-order chi connectivity index (χ0) is 21.3. The fourth-order valence-electron chi connectivity index (χ4n) is 3.91. The van der Waals surface area contributed by atoms with Gasteiger partial charge in [-0.25, -0.2) is 8.42 Å². The summed E-state index contributed by atoms with van der Waals surface area (Å²) in [6.07, 6.45) is 1.94. The number of nitrogens with one attached hydrogen (secondary N) is 1. The molecule has 1 aromatic heterocycles. The van der Waals surface area contributed by atoms with Crippen LogP contribution in [0.15, 0.2) is 45.8 Å². The van der Waals surface area contributed by atoms with Crippen LogP contribution < -0.4 is 5.32 Å². The van der Waals surface area contributed by atoms with E-state index in [4.69, 9.17) is 4.52 Å². The van der Waals surface area contributed by atoms with Crippen molar-refractivity contribution in [2.45, 2.75) is 44.6 Å². The Morgan fingerprint density at radius 1 is 1.13 bits per heavy atom. The van der Waals surface area contributed by atoms with Crippen LogP contribution in [0.1, 0.15) is 35.2 Å². The minimum atomic E-state index is -3.42. The molecule has 1 amide bonds.